The number of piperazine rings is 1. The number of rotatable bonds is 5. The van der Waals surface area contributed by atoms with Gasteiger partial charge in [0, 0.05) is 45.3 Å². The predicted octanol–water partition coefficient (Wildman–Crippen LogP) is 1.46. The van der Waals surface area contributed by atoms with Crippen LogP contribution < -0.4 is 4.74 Å². The maximum atomic E-state index is 13.0. The van der Waals surface area contributed by atoms with Crippen LogP contribution in [0.5, 0.6) is 5.75 Å². The molecule has 32 heavy (non-hydrogen) atoms. The summed E-state index contributed by atoms with van der Waals surface area (Å²) in [5.41, 5.74) is 1.67. The van der Waals surface area contributed by atoms with Crippen LogP contribution in [0.2, 0.25) is 0 Å². The van der Waals surface area contributed by atoms with E-state index in [4.69, 9.17) is 9.47 Å². The first-order valence-electron chi connectivity index (χ1n) is 10.7. The normalized spacial score (nSPS) is 16.1. The number of fused-ring (bicyclic) bond motifs is 1. The Morgan fingerprint density at radius 3 is 2.34 bits per heavy atom. The molecule has 10 heteroatoms. The number of carbonyl (C=O) groups excluding carboxylic acids is 3. The summed E-state index contributed by atoms with van der Waals surface area (Å²) in [5.74, 6) is 0.388. The Morgan fingerprint density at radius 2 is 1.69 bits per heavy atom. The van der Waals surface area contributed by atoms with Crippen LogP contribution in [0, 0.1) is 0 Å². The lowest BCUT2D eigenvalue weighted by atomic mass is 10.1. The fourth-order valence-corrected chi connectivity index (χ4v) is 3.91. The molecule has 0 spiro atoms. The molecule has 10 nitrogen and oxygen atoms in total. The summed E-state index contributed by atoms with van der Waals surface area (Å²) in [6.45, 7) is 5.23. The van der Waals surface area contributed by atoms with Gasteiger partial charge in [0.1, 0.15) is 11.4 Å². The first-order valence-corrected chi connectivity index (χ1v) is 10.7. The highest BCUT2D eigenvalue weighted by Gasteiger charge is 2.31. The minimum Gasteiger partial charge on any atom is -0.497 e. The third-order valence-electron chi connectivity index (χ3n) is 5.71. The zero-order chi connectivity index (χ0) is 22.7. The Kier molecular flexibility index (Phi) is 6.29. The van der Waals surface area contributed by atoms with Gasteiger partial charge in [0.05, 0.1) is 20.3 Å². The molecule has 0 atom stereocenters. The fourth-order valence-electron chi connectivity index (χ4n) is 3.91. The molecule has 2 aliphatic heterocycles. The van der Waals surface area contributed by atoms with Gasteiger partial charge in [-0.05, 0) is 24.6 Å². The molecule has 1 saturated heterocycles. The van der Waals surface area contributed by atoms with Gasteiger partial charge >= 0.3 is 6.09 Å². The Labute approximate surface area is 186 Å². The summed E-state index contributed by atoms with van der Waals surface area (Å²) in [7, 11) is 1.61. The van der Waals surface area contributed by atoms with Gasteiger partial charge in [0.15, 0.2) is 5.69 Å². The van der Waals surface area contributed by atoms with Crippen LogP contribution in [-0.2, 0) is 17.8 Å². The van der Waals surface area contributed by atoms with Crippen molar-refractivity contribution in [1.29, 1.82) is 0 Å². The highest BCUT2D eigenvalue weighted by Crippen LogP contribution is 2.19. The summed E-state index contributed by atoms with van der Waals surface area (Å²) in [5, 5.41) is 4.38. The maximum Gasteiger partial charge on any atom is 0.409 e. The van der Waals surface area contributed by atoms with Gasteiger partial charge in [0.2, 0.25) is 0 Å². The van der Waals surface area contributed by atoms with Crippen molar-refractivity contribution in [3.8, 4) is 5.75 Å². The molecular formula is C22H27N5O5. The van der Waals surface area contributed by atoms with Gasteiger partial charge < -0.3 is 24.2 Å². The Balaban J connectivity index is 1.39. The zero-order valence-electron chi connectivity index (χ0n) is 18.3. The van der Waals surface area contributed by atoms with E-state index in [2.05, 4.69) is 5.10 Å². The average Bonchev–Trinajstić information content (AvgIpc) is 3.26. The molecule has 0 radical (unpaired) electrons. The van der Waals surface area contributed by atoms with Gasteiger partial charge in [0.25, 0.3) is 11.8 Å². The second-order valence-corrected chi connectivity index (χ2v) is 7.69. The average molecular weight is 441 g/mol. The number of ether oxygens (including phenoxy) is 2. The first kappa shape index (κ1) is 21.7. The van der Waals surface area contributed by atoms with E-state index in [0.717, 1.165) is 11.3 Å². The van der Waals surface area contributed by atoms with Crippen LogP contribution in [0.25, 0.3) is 0 Å². The zero-order valence-corrected chi connectivity index (χ0v) is 18.3. The van der Waals surface area contributed by atoms with Crippen molar-refractivity contribution in [1.82, 2.24) is 24.5 Å². The van der Waals surface area contributed by atoms with Crippen LogP contribution in [-0.4, -0.2) is 88.8 Å². The molecule has 2 aromatic rings. The number of methoxy groups -OCH3 is 1. The van der Waals surface area contributed by atoms with Crippen molar-refractivity contribution in [2.45, 2.75) is 20.0 Å². The molecule has 0 N–H and O–H groups in total. The van der Waals surface area contributed by atoms with Crippen LogP contribution >= 0.6 is 0 Å². The lowest BCUT2D eigenvalue weighted by Crippen LogP contribution is -2.50. The molecular weight excluding hydrogens is 414 g/mol. The topological polar surface area (TPSA) is 97.2 Å². The van der Waals surface area contributed by atoms with E-state index >= 15 is 0 Å². The van der Waals surface area contributed by atoms with E-state index < -0.39 is 0 Å². The molecule has 170 valence electrons. The van der Waals surface area contributed by atoms with Crippen molar-refractivity contribution in [2.75, 3.05) is 46.4 Å². The Bertz CT molecular complexity index is 995. The smallest absolute Gasteiger partial charge is 0.409 e. The molecule has 3 heterocycles. The van der Waals surface area contributed by atoms with Crippen molar-refractivity contribution in [3.05, 3.63) is 47.3 Å². The van der Waals surface area contributed by atoms with Crippen LogP contribution in [0.3, 0.4) is 0 Å². The third-order valence-corrected chi connectivity index (χ3v) is 5.71. The Morgan fingerprint density at radius 1 is 1.00 bits per heavy atom. The summed E-state index contributed by atoms with van der Waals surface area (Å²) < 4.78 is 11.8. The number of carbonyl (C=O) groups is 3. The quantitative estimate of drug-likeness (QED) is 0.697. The summed E-state index contributed by atoms with van der Waals surface area (Å²) in [6, 6.07) is 9.17. The number of hydrogen-bond acceptors (Lipinski definition) is 6. The highest BCUT2D eigenvalue weighted by molar-refractivity contribution is 5.98. The van der Waals surface area contributed by atoms with Gasteiger partial charge in [-0.1, -0.05) is 12.1 Å². The Hall–Kier alpha value is -3.56. The van der Waals surface area contributed by atoms with Gasteiger partial charge in [-0.25, -0.2) is 4.79 Å². The maximum absolute atomic E-state index is 13.0. The molecule has 0 saturated carbocycles. The van der Waals surface area contributed by atoms with Crippen molar-refractivity contribution >= 4 is 17.9 Å². The minimum atomic E-state index is -0.361. The molecule has 2 aliphatic rings. The molecule has 0 aliphatic carbocycles. The molecule has 0 bridgehead atoms. The molecule has 4 rings (SSSR count). The van der Waals surface area contributed by atoms with E-state index in [1.54, 1.807) is 39.5 Å². The number of nitrogens with zero attached hydrogens (tertiary/aromatic N) is 5. The van der Waals surface area contributed by atoms with Crippen LogP contribution in [0.4, 0.5) is 4.79 Å². The predicted molar refractivity (Wildman–Crippen MR) is 114 cm³/mol. The fraction of sp³-hybridized carbons (Fsp3) is 0.455. The standard InChI is InChI=1S/C22H27N5O5/c1-3-32-22(30)25-10-8-24(9-11-25)20(28)18-14-19-21(29)26(12-13-27(19)23-18)15-16-4-6-17(31-2)7-5-16/h4-7,14H,3,8-13,15H2,1-2H3. The van der Waals surface area contributed by atoms with Gasteiger partial charge in [-0.2, -0.15) is 5.10 Å². The third kappa shape index (κ3) is 4.39. The lowest BCUT2D eigenvalue weighted by molar-refractivity contribution is 0.0564. The van der Waals surface area contributed by atoms with Gasteiger partial charge in [-0.15, -0.1) is 0 Å². The van der Waals surface area contributed by atoms with Crippen LogP contribution in [0.15, 0.2) is 30.3 Å². The molecule has 3 amide bonds. The number of amides is 3. The monoisotopic (exact) mass is 441 g/mol. The van der Waals surface area contributed by atoms with E-state index in [1.807, 2.05) is 24.3 Å². The summed E-state index contributed by atoms with van der Waals surface area (Å²) >= 11 is 0. The van der Waals surface area contributed by atoms with Crippen molar-refractivity contribution in [3.63, 3.8) is 0 Å². The van der Waals surface area contributed by atoms with E-state index in [9.17, 15) is 14.4 Å². The minimum absolute atomic E-state index is 0.147. The number of aromatic nitrogens is 2. The SMILES string of the molecule is CCOC(=O)N1CCN(C(=O)c2cc3n(n2)CCN(Cc2ccc(OC)cc2)C3=O)CC1. The largest absolute Gasteiger partial charge is 0.497 e. The molecule has 0 unspecified atom stereocenters. The van der Waals surface area contributed by atoms with Crippen LogP contribution in [0.1, 0.15) is 33.5 Å². The van der Waals surface area contributed by atoms with E-state index in [-0.39, 0.29) is 23.6 Å². The highest BCUT2D eigenvalue weighted by atomic mass is 16.6. The molecule has 1 aromatic heterocycles. The van der Waals surface area contributed by atoms with Crippen molar-refractivity contribution < 1.29 is 23.9 Å². The second kappa shape index (κ2) is 9.29. The summed E-state index contributed by atoms with van der Waals surface area (Å²) in [6.07, 6.45) is -0.361. The number of hydrogen-bond donors (Lipinski definition) is 0. The van der Waals surface area contributed by atoms with Crippen molar-refractivity contribution in [2.24, 2.45) is 0 Å². The van der Waals surface area contributed by atoms with Gasteiger partial charge in [-0.3, -0.25) is 14.3 Å². The summed E-state index contributed by atoms with van der Waals surface area (Å²) in [4.78, 5) is 42.8. The second-order valence-electron chi connectivity index (χ2n) is 7.69. The lowest BCUT2D eigenvalue weighted by Gasteiger charge is -2.33. The van der Waals surface area contributed by atoms with E-state index in [1.165, 1.54) is 0 Å². The van der Waals surface area contributed by atoms with E-state index in [0.29, 0.717) is 58.1 Å². The molecule has 1 fully saturated rings. The first-order chi connectivity index (χ1) is 15.5. The molecule has 1 aromatic carbocycles. The number of benzene rings is 1.